The summed E-state index contributed by atoms with van der Waals surface area (Å²) in [6.07, 6.45) is 3.31. The van der Waals surface area contributed by atoms with Crippen LogP contribution in [0.15, 0.2) is 65.1 Å². The zero-order valence-corrected chi connectivity index (χ0v) is 14.9. The SMILES string of the molecule is C[N+]1(CC(=O)c2ccccc2)CC=C(c2ccc(Br)cc2)CC1. The number of ketones is 1. The standard InChI is InChI=1S/C20H21BrNO/c1-22(15-20(23)18-5-3-2-4-6-18)13-11-17(12-14-22)16-7-9-19(21)10-8-16/h2-11H,12-15H2,1H3/q+1. The fourth-order valence-corrected chi connectivity index (χ4v) is 3.31. The summed E-state index contributed by atoms with van der Waals surface area (Å²) in [7, 11) is 2.18. The maximum absolute atomic E-state index is 12.5. The summed E-state index contributed by atoms with van der Waals surface area (Å²) in [5.41, 5.74) is 3.49. The molecular formula is C20H21BrNO+. The van der Waals surface area contributed by atoms with E-state index in [9.17, 15) is 4.79 Å². The lowest BCUT2D eigenvalue weighted by Gasteiger charge is -2.36. The Balaban J connectivity index is 1.69. The molecule has 0 saturated carbocycles. The van der Waals surface area contributed by atoms with Crippen LogP contribution in [0.4, 0.5) is 0 Å². The van der Waals surface area contributed by atoms with Crippen LogP contribution in [0.5, 0.6) is 0 Å². The third kappa shape index (κ3) is 3.98. The molecule has 0 fully saturated rings. The second kappa shape index (κ2) is 6.81. The molecule has 1 aliphatic rings. The van der Waals surface area contributed by atoms with E-state index in [4.69, 9.17) is 0 Å². The summed E-state index contributed by atoms with van der Waals surface area (Å²) in [6.45, 7) is 2.47. The van der Waals surface area contributed by atoms with Crippen molar-refractivity contribution in [2.24, 2.45) is 0 Å². The van der Waals surface area contributed by atoms with Crippen molar-refractivity contribution in [1.29, 1.82) is 0 Å². The average molecular weight is 371 g/mol. The first-order chi connectivity index (χ1) is 11.1. The highest BCUT2D eigenvalue weighted by atomic mass is 79.9. The van der Waals surface area contributed by atoms with Gasteiger partial charge < -0.3 is 4.48 Å². The number of quaternary nitrogens is 1. The first-order valence-electron chi connectivity index (χ1n) is 7.93. The van der Waals surface area contributed by atoms with Crippen molar-refractivity contribution in [3.63, 3.8) is 0 Å². The number of halogens is 1. The third-order valence-corrected chi connectivity index (χ3v) is 5.06. The Morgan fingerprint density at radius 3 is 2.39 bits per heavy atom. The molecule has 23 heavy (non-hydrogen) atoms. The summed E-state index contributed by atoms with van der Waals surface area (Å²) in [4.78, 5) is 12.5. The van der Waals surface area contributed by atoms with E-state index in [1.54, 1.807) is 0 Å². The first kappa shape index (κ1) is 16.2. The topological polar surface area (TPSA) is 17.1 Å². The van der Waals surface area contributed by atoms with Gasteiger partial charge in [-0.05, 0) is 29.3 Å². The minimum absolute atomic E-state index is 0.230. The number of hydrogen-bond acceptors (Lipinski definition) is 1. The van der Waals surface area contributed by atoms with E-state index in [2.05, 4.69) is 53.3 Å². The molecule has 1 aliphatic heterocycles. The predicted molar refractivity (Wildman–Crippen MR) is 98.3 cm³/mol. The number of hydrogen-bond donors (Lipinski definition) is 0. The Morgan fingerprint density at radius 1 is 1.09 bits per heavy atom. The summed E-state index contributed by atoms with van der Waals surface area (Å²) in [5, 5.41) is 0. The number of rotatable bonds is 4. The molecule has 0 radical (unpaired) electrons. The van der Waals surface area contributed by atoms with Gasteiger partial charge in [0.1, 0.15) is 6.54 Å². The number of carbonyl (C=O) groups excluding carboxylic acids is 1. The highest BCUT2D eigenvalue weighted by Gasteiger charge is 2.28. The fraction of sp³-hybridized carbons (Fsp3) is 0.250. The highest BCUT2D eigenvalue weighted by Crippen LogP contribution is 2.26. The van der Waals surface area contributed by atoms with Gasteiger partial charge in [0, 0.05) is 16.5 Å². The van der Waals surface area contributed by atoms with E-state index >= 15 is 0 Å². The van der Waals surface area contributed by atoms with Crippen LogP contribution in [0.25, 0.3) is 5.57 Å². The van der Waals surface area contributed by atoms with Crippen molar-refractivity contribution in [3.05, 3.63) is 76.3 Å². The predicted octanol–water partition coefficient (Wildman–Crippen LogP) is 4.57. The summed E-state index contributed by atoms with van der Waals surface area (Å²) >= 11 is 3.48. The van der Waals surface area contributed by atoms with Gasteiger partial charge in [-0.15, -0.1) is 0 Å². The maximum atomic E-state index is 12.5. The number of benzene rings is 2. The molecule has 0 spiro atoms. The Bertz CT molecular complexity index is 721. The van der Waals surface area contributed by atoms with Gasteiger partial charge in [0.2, 0.25) is 5.78 Å². The van der Waals surface area contributed by atoms with E-state index in [0.29, 0.717) is 6.54 Å². The van der Waals surface area contributed by atoms with Gasteiger partial charge in [0.05, 0.1) is 20.1 Å². The van der Waals surface area contributed by atoms with Crippen molar-refractivity contribution in [1.82, 2.24) is 0 Å². The van der Waals surface area contributed by atoms with Crippen LogP contribution in [-0.4, -0.2) is 36.9 Å². The van der Waals surface area contributed by atoms with Crippen molar-refractivity contribution in [3.8, 4) is 0 Å². The fourth-order valence-electron chi connectivity index (χ4n) is 3.05. The summed E-state index contributed by atoms with van der Waals surface area (Å²) in [5.74, 6) is 0.230. The van der Waals surface area contributed by atoms with Crippen molar-refractivity contribution in [2.45, 2.75) is 6.42 Å². The normalized spacial score (nSPS) is 20.9. The lowest BCUT2D eigenvalue weighted by Crippen LogP contribution is -2.50. The van der Waals surface area contributed by atoms with E-state index in [1.165, 1.54) is 11.1 Å². The Hall–Kier alpha value is -1.71. The molecule has 2 nitrogen and oxygen atoms in total. The largest absolute Gasteiger partial charge is 0.316 e. The molecule has 1 unspecified atom stereocenters. The van der Waals surface area contributed by atoms with Gasteiger partial charge in [-0.2, -0.15) is 0 Å². The monoisotopic (exact) mass is 370 g/mol. The third-order valence-electron chi connectivity index (χ3n) is 4.54. The second-order valence-electron chi connectivity index (χ2n) is 6.46. The van der Waals surface area contributed by atoms with E-state index < -0.39 is 0 Å². The smallest absolute Gasteiger partial charge is 0.216 e. The van der Waals surface area contributed by atoms with Gasteiger partial charge in [0.25, 0.3) is 0 Å². The lowest BCUT2D eigenvalue weighted by atomic mass is 9.98. The zero-order chi connectivity index (χ0) is 16.3. The number of Topliss-reactive ketones (excluding diaryl/α,β-unsaturated/α-hetero) is 1. The van der Waals surface area contributed by atoms with Crippen LogP contribution >= 0.6 is 15.9 Å². The molecule has 3 rings (SSSR count). The molecule has 1 heterocycles. The van der Waals surface area contributed by atoms with Gasteiger partial charge in [-0.3, -0.25) is 4.79 Å². The van der Waals surface area contributed by atoms with E-state index in [0.717, 1.165) is 34.0 Å². The zero-order valence-electron chi connectivity index (χ0n) is 13.3. The molecule has 1 atom stereocenters. The Morgan fingerprint density at radius 2 is 1.78 bits per heavy atom. The molecule has 0 aliphatic carbocycles. The molecule has 2 aromatic carbocycles. The molecule has 0 aromatic heterocycles. The van der Waals surface area contributed by atoms with Crippen molar-refractivity contribution in [2.75, 3.05) is 26.7 Å². The molecular weight excluding hydrogens is 350 g/mol. The van der Waals surface area contributed by atoms with Crippen LogP contribution < -0.4 is 0 Å². The average Bonchev–Trinajstić information content (AvgIpc) is 2.57. The van der Waals surface area contributed by atoms with Crippen LogP contribution in [0.1, 0.15) is 22.3 Å². The molecule has 0 saturated heterocycles. The first-order valence-corrected chi connectivity index (χ1v) is 8.72. The molecule has 118 valence electrons. The van der Waals surface area contributed by atoms with Crippen molar-refractivity contribution >= 4 is 27.3 Å². The molecule has 0 N–H and O–H groups in total. The number of nitrogens with zero attached hydrogens (tertiary/aromatic N) is 1. The van der Waals surface area contributed by atoms with Crippen LogP contribution in [0.2, 0.25) is 0 Å². The molecule has 2 aromatic rings. The number of carbonyl (C=O) groups is 1. The van der Waals surface area contributed by atoms with Crippen LogP contribution in [0, 0.1) is 0 Å². The van der Waals surface area contributed by atoms with E-state index in [1.807, 2.05) is 30.3 Å². The highest BCUT2D eigenvalue weighted by molar-refractivity contribution is 9.10. The van der Waals surface area contributed by atoms with E-state index in [-0.39, 0.29) is 5.78 Å². The Labute approximate surface area is 146 Å². The van der Waals surface area contributed by atoms with Crippen LogP contribution in [0.3, 0.4) is 0 Å². The van der Waals surface area contributed by atoms with Gasteiger partial charge in [-0.1, -0.05) is 58.4 Å². The molecule has 0 bridgehead atoms. The van der Waals surface area contributed by atoms with Gasteiger partial charge in [-0.25, -0.2) is 0 Å². The summed E-state index contributed by atoms with van der Waals surface area (Å²) in [6, 6.07) is 18.1. The second-order valence-corrected chi connectivity index (χ2v) is 7.37. The number of likely N-dealkylation sites (N-methyl/N-ethyl adjacent to an activating group) is 1. The molecule has 0 amide bonds. The van der Waals surface area contributed by atoms with Gasteiger partial charge in [0.15, 0.2) is 0 Å². The Kier molecular flexibility index (Phi) is 4.79. The van der Waals surface area contributed by atoms with Gasteiger partial charge >= 0.3 is 0 Å². The minimum Gasteiger partial charge on any atom is -0.316 e. The minimum atomic E-state index is 0.230. The lowest BCUT2D eigenvalue weighted by molar-refractivity contribution is -0.896. The summed E-state index contributed by atoms with van der Waals surface area (Å²) < 4.78 is 1.89. The molecule has 3 heteroatoms. The maximum Gasteiger partial charge on any atom is 0.216 e. The van der Waals surface area contributed by atoms with Crippen molar-refractivity contribution < 1.29 is 9.28 Å². The van der Waals surface area contributed by atoms with Crippen LogP contribution in [-0.2, 0) is 0 Å². The quantitative estimate of drug-likeness (QED) is 0.569.